The van der Waals surface area contributed by atoms with Crippen molar-refractivity contribution in [1.82, 2.24) is 14.2 Å². The van der Waals surface area contributed by atoms with Gasteiger partial charge in [0.05, 0.1) is 46.0 Å². The van der Waals surface area contributed by atoms with Gasteiger partial charge in [-0.15, -0.1) is 0 Å². The highest BCUT2D eigenvalue weighted by Gasteiger charge is 2.45. The zero-order valence-electron chi connectivity index (χ0n) is 31.4. The molecule has 0 bridgehead atoms. The second kappa shape index (κ2) is 18.1. The van der Waals surface area contributed by atoms with E-state index in [-0.39, 0.29) is 38.1 Å². The Balaban J connectivity index is 1.60. The Labute approximate surface area is 312 Å². The molecule has 12 nitrogen and oxygen atoms in total. The molecule has 0 spiro atoms. The van der Waals surface area contributed by atoms with Crippen molar-refractivity contribution in [2.24, 2.45) is 0 Å². The quantitative estimate of drug-likeness (QED) is 0.0697. The molecule has 0 amide bonds. The van der Waals surface area contributed by atoms with E-state index >= 15 is 0 Å². The third-order valence-electron chi connectivity index (χ3n) is 9.16. The molecule has 3 aromatic carbocycles. The fourth-order valence-corrected chi connectivity index (χ4v) is 8.38. The summed E-state index contributed by atoms with van der Waals surface area (Å²) in [6, 6.07) is 27.8. The van der Waals surface area contributed by atoms with Crippen molar-refractivity contribution in [3.05, 3.63) is 128 Å². The Bertz CT molecular complexity index is 1870. The molecule has 0 aliphatic carbocycles. The van der Waals surface area contributed by atoms with E-state index in [0.29, 0.717) is 17.1 Å². The Morgan fingerprint density at radius 1 is 0.925 bits per heavy atom. The van der Waals surface area contributed by atoms with E-state index in [1.165, 1.54) is 10.8 Å². The summed E-state index contributed by atoms with van der Waals surface area (Å²) in [5.74, 6) is 1.40. The molecule has 4 atom stereocenters. The average molecular weight is 745 g/mol. The predicted octanol–water partition coefficient (Wildman–Crippen LogP) is 6.82. The van der Waals surface area contributed by atoms with Crippen molar-refractivity contribution in [3.63, 3.8) is 0 Å². The molecule has 1 saturated heterocycles. The van der Waals surface area contributed by atoms with Crippen molar-refractivity contribution in [2.75, 3.05) is 27.4 Å². The van der Waals surface area contributed by atoms with Crippen molar-refractivity contribution >= 4 is 8.53 Å². The van der Waals surface area contributed by atoms with Crippen LogP contribution in [-0.2, 0) is 24.1 Å². The fraction of sp³-hybridized carbons (Fsp3) is 0.425. The van der Waals surface area contributed by atoms with Gasteiger partial charge in [-0.05, 0) is 75.6 Å². The largest absolute Gasteiger partial charge is 0.497 e. The van der Waals surface area contributed by atoms with Gasteiger partial charge in [-0.1, -0.05) is 54.6 Å². The number of aryl methyl sites for hydroxylation is 1. The molecule has 1 N–H and O–H groups in total. The van der Waals surface area contributed by atoms with Crippen molar-refractivity contribution in [2.45, 2.75) is 83.6 Å². The molecule has 1 aliphatic heterocycles. The molecule has 0 saturated carbocycles. The van der Waals surface area contributed by atoms with Crippen LogP contribution in [0.15, 0.2) is 94.6 Å². The lowest BCUT2D eigenvalue weighted by molar-refractivity contribution is -0.0926. The minimum Gasteiger partial charge on any atom is -0.497 e. The van der Waals surface area contributed by atoms with E-state index in [2.05, 4.69) is 43.4 Å². The molecule has 282 valence electrons. The summed E-state index contributed by atoms with van der Waals surface area (Å²) in [4.78, 5) is 27.8. The molecule has 4 aromatic rings. The monoisotopic (exact) mass is 744 g/mol. The first-order valence-electron chi connectivity index (χ1n) is 17.7. The number of hydrogen-bond donors (Lipinski definition) is 1. The summed E-state index contributed by atoms with van der Waals surface area (Å²) >= 11 is 0. The highest BCUT2D eigenvalue weighted by molar-refractivity contribution is 7.44. The van der Waals surface area contributed by atoms with Gasteiger partial charge in [0, 0.05) is 30.3 Å². The predicted molar refractivity (Wildman–Crippen MR) is 203 cm³/mol. The van der Waals surface area contributed by atoms with Crippen LogP contribution in [0, 0.1) is 18.3 Å². The minimum atomic E-state index is -1.67. The van der Waals surface area contributed by atoms with Crippen LogP contribution in [0.4, 0.5) is 0 Å². The zero-order chi connectivity index (χ0) is 38.1. The van der Waals surface area contributed by atoms with Gasteiger partial charge in [0.2, 0.25) is 0 Å². The van der Waals surface area contributed by atoms with Crippen LogP contribution in [0.2, 0.25) is 0 Å². The topological polar surface area (TPSA) is 137 Å². The number of nitrogens with zero attached hydrogens (tertiary/aromatic N) is 3. The average Bonchev–Trinajstić information content (AvgIpc) is 3.56. The number of H-pyrrole nitrogens is 1. The van der Waals surface area contributed by atoms with Gasteiger partial charge in [0.15, 0.2) is 0 Å². The normalized spacial score (nSPS) is 18.0. The Hall–Kier alpha value is -4.34. The summed E-state index contributed by atoms with van der Waals surface area (Å²) in [5.41, 5.74) is 0.779. The third kappa shape index (κ3) is 9.07. The number of methoxy groups -OCH3 is 2. The maximum absolute atomic E-state index is 13.1. The smallest absolute Gasteiger partial charge is 0.330 e. The molecular weight excluding hydrogens is 695 g/mol. The van der Waals surface area contributed by atoms with Gasteiger partial charge in [0.25, 0.3) is 14.1 Å². The molecule has 1 fully saturated rings. The minimum absolute atomic E-state index is 0.0376. The maximum Gasteiger partial charge on any atom is 0.330 e. The van der Waals surface area contributed by atoms with Crippen molar-refractivity contribution < 1.29 is 28.0 Å². The molecule has 2 heterocycles. The summed E-state index contributed by atoms with van der Waals surface area (Å²) in [7, 11) is 1.59. The molecule has 53 heavy (non-hydrogen) atoms. The van der Waals surface area contributed by atoms with E-state index < -0.39 is 43.8 Å². The van der Waals surface area contributed by atoms with Gasteiger partial charge in [0.1, 0.15) is 29.4 Å². The second-order valence-corrected chi connectivity index (χ2v) is 14.8. The molecule has 5 rings (SSSR count). The van der Waals surface area contributed by atoms with Crippen molar-refractivity contribution in [3.8, 4) is 17.6 Å². The van der Waals surface area contributed by atoms with Crippen LogP contribution in [-0.4, -0.2) is 65.9 Å². The number of aromatic nitrogens is 2. The highest BCUT2D eigenvalue weighted by atomic mass is 31.2. The van der Waals surface area contributed by atoms with Crippen LogP contribution < -0.4 is 20.7 Å². The lowest BCUT2D eigenvalue weighted by Crippen LogP contribution is -2.39. The summed E-state index contributed by atoms with van der Waals surface area (Å²) < 4.78 is 41.6. The van der Waals surface area contributed by atoms with Gasteiger partial charge < -0.3 is 28.0 Å². The molecule has 0 radical (unpaired) electrons. The van der Waals surface area contributed by atoms with Crippen LogP contribution in [0.25, 0.3) is 0 Å². The standard InChI is InChI=1S/C40H49N4O8P/c1-27(2)44(28(3)4)53(50-23-11-22-41)52-35-24-37(43-25-29(5)38(45)42-39(43)46)51-36(35)26-49-40(30-12-9-8-10-13-30,31-14-18-33(47-6)19-15-31)32-16-20-34(48-7)21-17-32/h8-10,12-21,25,27-28,35-37H,11,23-24,26H2,1-7H3,(H,42,45,46)/t35-,36+,37+,53?/m0/s1. The first-order valence-corrected chi connectivity index (χ1v) is 18.9. The second-order valence-electron chi connectivity index (χ2n) is 13.3. The zero-order valence-corrected chi connectivity index (χ0v) is 32.2. The third-order valence-corrected chi connectivity index (χ3v) is 11.3. The Kier molecular flexibility index (Phi) is 13.6. The molecule has 13 heteroatoms. The molecule has 1 unspecified atom stereocenters. The number of nitrogens with one attached hydrogen (secondary N) is 1. The van der Waals surface area contributed by atoms with E-state index in [9.17, 15) is 14.9 Å². The number of rotatable bonds is 17. The summed E-state index contributed by atoms with van der Waals surface area (Å²) in [6.07, 6.45) is -0.0783. The number of benzene rings is 3. The summed E-state index contributed by atoms with van der Waals surface area (Å²) in [5, 5.41) is 9.29. The van der Waals surface area contributed by atoms with Gasteiger partial charge in [-0.2, -0.15) is 5.26 Å². The van der Waals surface area contributed by atoms with Gasteiger partial charge in [-0.3, -0.25) is 14.3 Å². The molecule has 1 aromatic heterocycles. The first kappa shape index (κ1) is 39.9. The Morgan fingerprint density at radius 3 is 2.02 bits per heavy atom. The highest BCUT2D eigenvalue weighted by Crippen LogP contribution is 2.50. The van der Waals surface area contributed by atoms with E-state index in [4.69, 9.17) is 28.0 Å². The Morgan fingerprint density at radius 2 is 1.49 bits per heavy atom. The maximum atomic E-state index is 13.1. The van der Waals surface area contributed by atoms with Crippen molar-refractivity contribution in [1.29, 1.82) is 5.26 Å². The summed E-state index contributed by atoms with van der Waals surface area (Å²) in [6.45, 7) is 10.2. The molecular formula is C40H49N4O8P. The first-order chi connectivity index (χ1) is 25.5. The lowest BCUT2D eigenvalue weighted by Gasteiger charge is -2.39. The number of ether oxygens (including phenoxy) is 4. The van der Waals surface area contributed by atoms with E-state index in [0.717, 1.165) is 16.7 Å². The van der Waals surface area contributed by atoms with E-state index in [1.54, 1.807) is 21.1 Å². The lowest BCUT2D eigenvalue weighted by atomic mass is 9.80. The number of hydrogen-bond acceptors (Lipinski definition) is 10. The SMILES string of the molecule is COc1ccc(C(OC[C@H]2O[C@@H](n3cc(C)c(=O)[nH]c3=O)C[C@@H]2OP(OCCC#N)N(C(C)C)C(C)C)(c2ccccc2)c2ccc(OC)cc2)cc1. The van der Waals surface area contributed by atoms with Gasteiger partial charge in [-0.25, -0.2) is 9.46 Å². The van der Waals surface area contributed by atoms with E-state index in [1.807, 2.05) is 78.9 Å². The fourth-order valence-electron chi connectivity index (χ4n) is 6.62. The number of aromatic amines is 1. The van der Waals surface area contributed by atoms with Crippen LogP contribution >= 0.6 is 8.53 Å². The van der Waals surface area contributed by atoms with Gasteiger partial charge >= 0.3 is 5.69 Å². The van der Waals surface area contributed by atoms with Crippen LogP contribution in [0.3, 0.4) is 0 Å². The molecule has 1 aliphatic rings. The van der Waals surface area contributed by atoms with Crippen LogP contribution in [0.1, 0.15) is 69.0 Å². The number of nitriles is 1. The van der Waals surface area contributed by atoms with Crippen LogP contribution in [0.5, 0.6) is 11.5 Å².